The molecule has 2 radical (unpaired) electrons. The SMILES string of the molecule is C.C.O=C([O-])c1ccccc1N=Cc1ccccc1[O-].[Sn+2]. The minimum absolute atomic E-state index is 0. The summed E-state index contributed by atoms with van der Waals surface area (Å²) in [5, 5.41) is 22.3. The van der Waals surface area contributed by atoms with E-state index in [4.69, 9.17) is 0 Å². The average molecular weight is 390 g/mol. The Morgan fingerprint density at radius 3 is 2.19 bits per heavy atom. The number of carbonyl (C=O) groups is 1. The second-order valence-electron chi connectivity index (χ2n) is 3.60. The summed E-state index contributed by atoms with van der Waals surface area (Å²) < 4.78 is 0. The van der Waals surface area contributed by atoms with E-state index < -0.39 is 5.97 Å². The number of para-hydroxylation sites is 2. The topological polar surface area (TPSA) is 75.5 Å². The summed E-state index contributed by atoms with van der Waals surface area (Å²) in [5.41, 5.74) is 0.670. The molecule has 0 aromatic heterocycles. The van der Waals surface area contributed by atoms with E-state index in [0.717, 1.165) is 0 Å². The standard InChI is InChI=1S/C14H11NO3.2CH4.Sn/c16-13-8-4-1-5-10(13)9-15-12-7-3-2-6-11(12)14(17)18;;;/h1-9,16H,(H,17,18);2*1H4;/q;;;+2/p-2. The maximum absolute atomic E-state index is 11.4. The van der Waals surface area contributed by atoms with Gasteiger partial charge in [0.15, 0.2) is 0 Å². The first kappa shape index (κ1) is 21.5. The monoisotopic (exact) mass is 391 g/mol. The van der Waals surface area contributed by atoms with Crippen LogP contribution >= 0.6 is 0 Å². The Hall–Kier alpha value is -1.82. The zero-order chi connectivity index (χ0) is 13.0. The summed E-state index contributed by atoms with van der Waals surface area (Å²) >= 11 is 0. The summed E-state index contributed by atoms with van der Waals surface area (Å²) in [4.78, 5) is 14.9. The fraction of sp³-hybridized carbons (Fsp3) is 0.125. The normalized spacial score (nSPS) is 9.14. The molecule has 0 fully saturated rings. The van der Waals surface area contributed by atoms with Crippen LogP contribution in [0.3, 0.4) is 0 Å². The molecule has 0 aliphatic rings. The van der Waals surface area contributed by atoms with E-state index in [1.807, 2.05) is 0 Å². The Morgan fingerprint density at radius 1 is 1.00 bits per heavy atom. The number of carboxylic acid groups (broad SMARTS) is 1. The van der Waals surface area contributed by atoms with E-state index in [2.05, 4.69) is 4.99 Å². The summed E-state index contributed by atoms with van der Waals surface area (Å²) in [5.74, 6) is -1.45. The van der Waals surface area contributed by atoms with Gasteiger partial charge in [-0.15, -0.1) is 5.75 Å². The van der Waals surface area contributed by atoms with Crippen molar-refractivity contribution in [1.82, 2.24) is 0 Å². The van der Waals surface area contributed by atoms with Crippen LogP contribution in [0.5, 0.6) is 5.75 Å². The maximum Gasteiger partial charge on any atom is 2.00 e. The van der Waals surface area contributed by atoms with Crippen LogP contribution in [0.1, 0.15) is 30.8 Å². The number of carbonyl (C=O) groups excluding carboxylic acids is 1. The van der Waals surface area contributed by atoms with Crippen LogP contribution in [0.15, 0.2) is 53.5 Å². The molecule has 0 amide bonds. The zero-order valence-electron chi connectivity index (χ0n) is 9.87. The van der Waals surface area contributed by atoms with Gasteiger partial charge in [0.05, 0.1) is 11.7 Å². The van der Waals surface area contributed by atoms with Gasteiger partial charge in [0, 0.05) is 11.8 Å². The van der Waals surface area contributed by atoms with Crippen LogP contribution in [0.4, 0.5) is 5.69 Å². The largest absolute Gasteiger partial charge is 2.00 e. The fourth-order valence-corrected chi connectivity index (χ4v) is 1.49. The number of aliphatic imine (C=N–C) groups is 1. The minimum atomic E-state index is -1.29. The molecule has 21 heavy (non-hydrogen) atoms. The fourth-order valence-electron chi connectivity index (χ4n) is 1.49. The molecule has 0 unspecified atom stereocenters. The van der Waals surface area contributed by atoms with Crippen molar-refractivity contribution in [1.29, 1.82) is 0 Å². The Labute approximate surface area is 142 Å². The molecule has 0 heterocycles. The van der Waals surface area contributed by atoms with Crippen molar-refractivity contribution < 1.29 is 15.0 Å². The second-order valence-corrected chi connectivity index (χ2v) is 3.60. The van der Waals surface area contributed by atoms with Gasteiger partial charge in [0.25, 0.3) is 0 Å². The van der Waals surface area contributed by atoms with Gasteiger partial charge in [-0.3, -0.25) is 4.99 Å². The Balaban J connectivity index is 0. The van der Waals surface area contributed by atoms with Gasteiger partial charge in [-0.1, -0.05) is 57.3 Å². The summed E-state index contributed by atoms with van der Waals surface area (Å²) in [7, 11) is 0. The molecule has 4 nitrogen and oxygen atoms in total. The predicted molar refractivity (Wildman–Crippen MR) is 83.1 cm³/mol. The molecule has 0 saturated carbocycles. The molecule has 2 aromatic rings. The molecule has 5 heteroatoms. The molecule has 2 rings (SSSR count). The molecule has 108 valence electrons. The molecule has 2 aromatic carbocycles. The Kier molecular flexibility index (Phi) is 10.2. The molecule has 0 spiro atoms. The molecule has 0 saturated heterocycles. The molecular weight excluding hydrogens is 373 g/mol. The summed E-state index contributed by atoms with van der Waals surface area (Å²) in [6.07, 6.45) is 1.35. The van der Waals surface area contributed by atoms with E-state index in [-0.39, 0.29) is 55.8 Å². The number of hydrogen-bond acceptors (Lipinski definition) is 4. The van der Waals surface area contributed by atoms with Gasteiger partial charge in [-0.25, -0.2) is 0 Å². The van der Waals surface area contributed by atoms with Crippen molar-refractivity contribution in [2.45, 2.75) is 14.9 Å². The van der Waals surface area contributed by atoms with Crippen LogP contribution in [0.25, 0.3) is 0 Å². The van der Waals surface area contributed by atoms with Crippen LogP contribution in [-0.4, -0.2) is 36.1 Å². The summed E-state index contributed by atoms with van der Waals surface area (Å²) in [6, 6.07) is 12.6. The Bertz CT molecular complexity index is 612. The first-order valence-corrected chi connectivity index (χ1v) is 5.29. The number of aromatic carboxylic acids is 1. The van der Waals surface area contributed by atoms with Gasteiger partial charge in [0.2, 0.25) is 0 Å². The Morgan fingerprint density at radius 2 is 1.57 bits per heavy atom. The van der Waals surface area contributed by atoms with E-state index in [9.17, 15) is 15.0 Å². The van der Waals surface area contributed by atoms with Crippen LogP contribution in [-0.2, 0) is 0 Å². The van der Waals surface area contributed by atoms with Gasteiger partial charge in [-0.2, -0.15) is 0 Å². The predicted octanol–water partition coefficient (Wildman–Crippen LogP) is 1.77. The van der Waals surface area contributed by atoms with Gasteiger partial charge in [0.1, 0.15) is 0 Å². The average Bonchev–Trinajstić information content (AvgIpc) is 2.38. The van der Waals surface area contributed by atoms with E-state index in [0.29, 0.717) is 5.56 Å². The molecule has 0 N–H and O–H groups in total. The number of nitrogens with zero attached hydrogens (tertiary/aromatic N) is 1. The van der Waals surface area contributed by atoms with Crippen LogP contribution < -0.4 is 10.2 Å². The molecule has 0 aliphatic heterocycles. The van der Waals surface area contributed by atoms with Crippen molar-refractivity contribution in [2.75, 3.05) is 0 Å². The van der Waals surface area contributed by atoms with Crippen molar-refractivity contribution >= 4 is 41.8 Å². The number of benzene rings is 2. The second kappa shape index (κ2) is 9.99. The van der Waals surface area contributed by atoms with Crippen molar-refractivity contribution in [3.05, 3.63) is 59.7 Å². The van der Waals surface area contributed by atoms with Crippen molar-refractivity contribution in [2.24, 2.45) is 4.99 Å². The smallest absolute Gasteiger partial charge is 0.872 e. The minimum Gasteiger partial charge on any atom is -0.872 e. The number of hydrogen-bond donors (Lipinski definition) is 0. The molecule has 0 atom stereocenters. The zero-order valence-corrected chi connectivity index (χ0v) is 12.7. The molecule has 0 bridgehead atoms. The van der Waals surface area contributed by atoms with Gasteiger partial charge in [-0.05, 0) is 11.6 Å². The molecular formula is C16H17NO3Sn. The first-order valence-electron chi connectivity index (χ1n) is 5.29. The van der Waals surface area contributed by atoms with E-state index in [1.54, 1.807) is 36.4 Å². The third kappa shape index (κ3) is 5.59. The third-order valence-corrected chi connectivity index (χ3v) is 2.39. The third-order valence-electron chi connectivity index (χ3n) is 2.39. The van der Waals surface area contributed by atoms with Crippen LogP contribution in [0, 0.1) is 0 Å². The maximum atomic E-state index is 11.4. The quantitative estimate of drug-likeness (QED) is 0.592. The van der Waals surface area contributed by atoms with Crippen LogP contribution in [0.2, 0.25) is 0 Å². The van der Waals surface area contributed by atoms with Crippen molar-refractivity contribution in [3.63, 3.8) is 0 Å². The summed E-state index contributed by atoms with van der Waals surface area (Å²) in [6.45, 7) is 0. The molecule has 0 aliphatic carbocycles. The van der Waals surface area contributed by atoms with E-state index in [1.165, 1.54) is 18.3 Å². The van der Waals surface area contributed by atoms with Gasteiger partial charge < -0.3 is 15.0 Å². The van der Waals surface area contributed by atoms with E-state index >= 15 is 0 Å². The first-order chi connectivity index (χ1) is 8.68. The number of rotatable bonds is 3. The van der Waals surface area contributed by atoms with Gasteiger partial charge >= 0.3 is 23.9 Å². The van der Waals surface area contributed by atoms with Crippen molar-refractivity contribution in [3.8, 4) is 5.75 Å². The number of carboxylic acids is 1.